The Hall–Kier alpha value is -0.910. The highest BCUT2D eigenvalue weighted by Gasteiger charge is 2.42. The summed E-state index contributed by atoms with van der Waals surface area (Å²) >= 11 is 1.80. The molecule has 1 aliphatic carbocycles. The summed E-state index contributed by atoms with van der Waals surface area (Å²) in [5, 5.41) is 9.49. The van der Waals surface area contributed by atoms with Crippen molar-refractivity contribution in [3.63, 3.8) is 0 Å². The molecule has 2 aliphatic rings. The predicted octanol–water partition coefficient (Wildman–Crippen LogP) is 2.59. The van der Waals surface area contributed by atoms with E-state index in [9.17, 15) is 14.7 Å². The molecule has 1 amide bonds. The van der Waals surface area contributed by atoms with Crippen LogP contribution in [-0.2, 0) is 9.53 Å². The van der Waals surface area contributed by atoms with Gasteiger partial charge in [0.25, 0.3) is 0 Å². The van der Waals surface area contributed by atoms with E-state index in [1.807, 2.05) is 0 Å². The van der Waals surface area contributed by atoms with Crippen molar-refractivity contribution >= 4 is 23.8 Å². The first-order valence-corrected chi connectivity index (χ1v) is 8.15. The normalized spacial score (nSPS) is 26.6. The van der Waals surface area contributed by atoms with Crippen LogP contribution in [0.15, 0.2) is 0 Å². The molecule has 0 aromatic heterocycles. The highest BCUT2D eigenvalue weighted by molar-refractivity contribution is 7.99. The second kappa shape index (κ2) is 5.84. The van der Waals surface area contributed by atoms with Crippen molar-refractivity contribution in [1.29, 1.82) is 0 Å². The van der Waals surface area contributed by atoms with Gasteiger partial charge in [0.2, 0.25) is 0 Å². The molecule has 114 valence electrons. The van der Waals surface area contributed by atoms with E-state index < -0.39 is 23.7 Å². The molecule has 5 nitrogen and oxygen atoms in total. The van der Waals surface area contributed by atoms with Crippen LogP contribution in [0.4, 0.5) is 4.79 Å². The van der Waals surface area contributed by atoms with Crippen molar-refractivity contribution < 1.29 is 19.4 Å². The van der Waals surface area contributed by atoms with Gasteiger partial charge in [0, 0.05) is 11.8 Å². The number of ether oxygens (including phenoxy) is 1. The highest BCUT2D eigenvalue weighted by atomic mass is 32.2. The Bertz CT molecular complexity index is 389. The van der Waals surface area contributed by atoms with E-state index >= 15 is 0 Å². The maximum Gasteiger partial charge on any atom is 0.411 e. The number of carboxylic acid groups (broad SMARTS) is 1. The van der Waals surface area contributed by atoms with Crippen LogP contribution in [0.2, 0.25) is 0 Å². The SMILES string of the molecule is CC(C)(C)OC(=O)N1C[C@H](SCC2CC2)C[C@H]1C(=O)O. The third-order valence-electron chi connectivity index (χ3n) is 3.44. The third kappa shape index (κ3) is 4.30. The van der Waals surface area contributed by atoms with E-state index in [0.717, 1.165) is 11.7 Å². The summed E-state index contributed by atoms with van der Waals surface area (Å²) < 4.78 is 5.30. The molecular formula is C14H23NO4S. The molecule has 1 saturated heterocycles. The van der Waals surface area contributed by atoms with Crippen LogP contribution in [0.5, 0.6) is 0 Å². The highest BCUT2D eigenvalue weighted by Crippen LogP contribution is 2.37. The van der Waals surface area contributed by atoms with Crippen LogP contribution >= 0.6 is 11.8 Å². The summed E-state index contributed by atoms with van der Waals surface area (Å²) in [6.45, 7) is 5.84. The zero-order chi connectivity index (χ0) is 14.9. The molecule has 0 spiro atoms. The quantitative estimate of drug-likeness (QED) is 0.864. The van der Waals surface area contributed by atoms with E-state index in [4.69, 9.17) is 4.74 Å². The monoisotopic (exact) mass is 301 g/mol. The lowest BCUT2D eigenvalue weighted by molar-refractivity contribution is -0.142. The molecule has 2 atom stereocenters. The van der Waals surface area contributed by atoms with E-state index in [1.54, 1.807) is 32.5 Å². The van der Waals surface area contributed by atoms with E-state index in [0.29, 0.717) is 13.0 Å². The number of hydrogen-bond acceptors (Lipinski definition) is 4. The van der Waals surface area contributed by atoms with Crippen molar-refractivity contribution in [3.8, 4) is 0 Å². The van der Waals surface area contributed by atoms with Gasteiger partial charge in [-0.3, -0.25) is 4.90 Å². The Morgan fingerprint density at radius 3 is 2.50 bits per heavy atom. The fourth-order valence-corrected chi connectivity index (χ4v) is 3.69. The van der Waals surface area contributed by atoms with Gasteiger partial charge in [0.05, 0.1) is 0 Å². The van der Waals surface area contributed by atoms with Gasteiger partial charge >= 0.3 is 12.1 Å². The van der Waals surface area contributed by atoms with E-state index in [-0.39, 0.29) is 5.25 Å². The van der Waals surface area contributed by atoms with Crippen molar-refractivity contribution in [3.05, 3.63) is 0 Å². The maximum absolute atomic E-state index is 12.1. The summed E-state index contributed by atoms with van der Waals surface area (Å²) in [7, 11) is 0. The second-order valence-corrected chi connectivity index (χ2v) is 7.95. The molecule has 0 aromatic rings. The summed E-state index contributed by atoms with van der Waals surface area (Å²) in [5.74, 6) is 0.948. The number of carbonyl (C=O) groups is 2. The van der Waals surface area contributed by atoms with Crippen molar-refractivity contribution in [1.82, 2.24) is 4.90 Å². The minimum atomic E-state index is -0.939. The number of rotatable bonds is 4. The molecule has 2 fully saturated rings. The summed E-state index contributed by atoms with van der Waals surface area (Å²) in [5.41, 5.74) is -0.598. The number of hydrogen-bond donors (Lipinski definition) is 1. The van der Waals surface area contributed by atoms with Gasteiger partial charge in [0.1, 0.15) is 11.6 Å². The number of amides is 1. The van der Waals surface area contributed by atoms with Crippen LogP contribution in [0.3, 0.4) is 0 Å². The smallest absolute Gasteiger partial charge is 0.411 e. The minimum absolute atomic E-state index is 0.212. The molecular weight excluding hydrogens is 278 g/mol. The largest absolute Gasteiger partial charge is 0.480 e. The zero-order valence-corrected chi connectivity index (χ0v) is 13.1. The summed E-state index contributed by atoms with van der Waals surface area (Å²) in [6, 6.07) is -0.749. The molecule has 20 heavy (non-hydrogen) atoms. The molecule has 1 N–H and O–H groups in total. The standard InChI is InChI=1S/C14H23NO4S/c1-14(2,3)19-13(18)15-7-10(6-11(15)12(16)17)20-8-9-4-5-9/h9-11H,4-8H2,1-3H3,(H,16,17)/t10-,11+/m1/s1. The summed E-state index contributed by atoms with van der Waals surface area (Å²) in [4.78, 5) is 24.8. The fourth-order valence-electron chi connectivity index (χ4n) is 2.23. The lowest BCUT2D eigenvalue weighted by Crippen LogP contribution is -2.43. The van der Waals surface area contributed by atoms with Crippen LogP contribution in [0.1, 0.15) is 40.0 Å². The topological polar surface area (TPSA) is 66.8 Å². The molecule has 6 heteroatoms. The third-order valence-corrected chi connectivity index (χ3v) is 4.92. The van der Waals surface area contributed by atoms with Gasteiger partial charge in [-0.2, -0.15) is 11.8 Å². The molecule has 1 heterocycles. The molecule has 1 saturated carbocycles. The van der Waals surface area contributed by atoms with Crippen LogP contribution < -0.4 is 0 Å². The Labute approximate surface area is 124 Å². The molecule has 2 rings (SSSR count). The minimum Gasteiger partial charge on any atom is -0.480 e. The second-order valence-electron chi connectivity index (χ2n) is 6.62. The van der Waals surface area contributed by atoms with Gasteiger partial charge in [-0.1, -0.05) is 0 Å². The number of carbonyl (C=O) groups excluding carboxylic acids is 1. The first-order valence-electron chi connectivity index (χ1n) is 7.10. The Morgan fingerprint density at radius 2 is 2.00 bits per heavy atom. The Kier molecular flexibility index (Phi) is 4.52. The molecule has 0 bridgehead atoms. The average Bonchev–Trinajstić information content (AvgIpc) is 3.02. The van der Waals surface area contributed by atoms with Gasteiger partial charge in [-0.05, 0) is 51.7 Å². The molecule has 0 unspecified atom stereocenters. The number of likely N-dealkylation sites (tertiary alicyclic amines) is 1. The molecule has 1 aliphatic heterocycles. The van der Waals surface area contributed by atoms with Crippen molar-refractivity contribution in [2.24, 2.45) is 5.92 Å². The molecule has 0 radical (unpaired) electrons. The molecule has 0 aromatic carbocycles. The number of nitrogens with zero attached hydrogens (tertiary/aromatic N) is 1. The Balaban J connectivity index is 1.93. The van der Waals surface area contributed by atoms with Crippen LogP contribution in [-0.4, -0.2) is 51.3 Å². The first kappa shape index (κ1) is 15.5. The number of thioether (sulfide) groups is 1. The predicted molar refractivity (Wildman–Crippen MR) is 78.0 cm³/mol. The van der Waals surface area contributed by atoms with Gasteiger partial charge in [-0.15, -0.1) is 0 Å². The maximum atomic E-state index is 12.1. The Morgan fingerprint density at radius 1 is 1.35 bits per heavy atom. The van der Waals surface area contributed by atoms with Gasteiger partial charge in [-0.25, -0.2) is 9.59 Å². The summed E-state index contributed by atoms with van der Waals surface area (Å²) in [6.07, 6.45) is 2.58. The lowest BCUT2D eigenvalue weighted by atomic mass is 10.2. The number of aliphatic carboxylic acids is 1. The fraction of sp³-hybridized carbons (Fsp3) is 0.857. The van der Waals surface area contributed by atoms with Crippen LogP contribution in [0, 0.1) is 5.92 Å². The van der Waals surface area contributed by atoms with E-state index in [1.165, 1.54) is 17.7 Å². The van der Waals surface area contributed by atoms with Gasteiger partial charge in [0.15, 0.2) is 0 Å². The van der Waals surface area contributed by atoms with E-state index in [2.05, 4.69) is 0 Å². The average molecular weight is 301 g/mol. The zero-order valence-electron chi connectivity index (χ0n) is 12.3. The first-order chi connectivity index (χ1) is 9.26. The van der Waals surface area contributed by atoms with Gasteiger partial charge < -0.3 is 9.84 Å². The van der Waals surface area contributed by atoms with Crippen LogP contribution in [0.25, 0.3) is 0 Å². The lowest BCUT2D eigenvalue weighted by Gasteiger charge is -2.26. The van der Waals surface area contributed by atoms with Crippen molar-refractivity contribution in [2.75, 3.05) is 12.3 Å². The number of carboxylic acids is 1. The van der Waals surface area contributed by atoms with Crippen molar-refractivity contribution in [2.45, 2.75) is 56.9 Å².